The van der Waals surface area contributed by atoms with Gasteiger partial charge in [0.05, 0.1) is 6.61 Å². The second-order valence-electron chi connectivity index (χ2n) is 4.23. The molecule has 0 saturated heterocycles. The fourth-order valence-electron chi connectivity index (χ4n) is 1.84. The minimum absolute atomic E-state index is 0.667. The maximum atomic E-state index is 6.03. The van der Waals surface area contributed by atoms with Crippen LogP contribution in [0.4, 0.5) is 11.4 Å². The number of hydrogen-bond acceptors (Lipinski definition) is 3. The molecule has 0 bridgehead atoms. The molecule has 0 aromatic heterocycles. The van der Waals surface area contributed by atoms with E-state index in [9.17, 15) is 0 Å². The molecule has 100 valence electrons. The van der Waals surface area contributed by atoms with E-state index in [1.165, 1.54) is 0 Å². The standard InChI is InChI=1S/C15H17ClN2O/c1-19-9-8-18-13-6-7-15(17)14(10-13)11-2-4-12(16)5-3-11/h2-7,10,18H,8-9,17H2,1H3. The first kappa shape index (κ1) is 13.7. The third kappa shape index (κ3) is 3.63. The van der Waals surface area contributed by atoms with Crippen molar-refractivity contribution >= 4 is 23.0 Å². The van der Waals surface area contributed by atoms with E-state index in [1.807, 2.05) is 42.5 Å². The highest BCUT2D eigenvalue weighted by Crippen LogP contribution is 2.29. The number of hydrogen-bond donors (Lipinski definition) is 2. The van der Waals surface area contributed by atoms with E-state index >= 15 is 0 Å². The van der Waals surface area contributed by atoms with Crippen molar-refractivity contribution in [2.24, 2.45) is 0 Å². The smallest absolute Gasteiger partial charge is 0.0635 e. The Hall–Kier alpha value is -1.71. The van der Waals surface area contributed by atoms with Crippen LogP contribution in [0, 0.1) is 0 Å². The molecule has 19 heavy (non-hydrogen) atoms. The second-order valence-corrected chi connectivity index (χ2v) is 4.66. The Balaban J connectivity index is 2.24. The molecule has 2 rings (SSSR count). The van der Waals surface area contributed by atoms with Crippen LogP contribution < -0.4 is 11.1 Å². The van der Waals surface area contributed by atoms with Gasteiger partial charge in [-0.05, 0) is 35.9 Å². The number of benzene rings is 2. The third-order valence-electron chi connectivity index (χ3n) is 2.84. The number of ether oxygens (including phenoxy) is 1. The quantitative estimate of drug-likeness (QED) is 0.647. The molecule has 0 heterocycles. The Morgan fingerprint density at radius 3 is 2.58 bits per heavy atom. The van der Waals surface area contributed by atoms with Gasteiger partial charge in [0, 0.05) is 35.6 Å². The Labute approximate surface area is 118 Å². The second kappa shape index (κ2) is 6.45. The summed E-state index contributed by atoms with van der Waals surface area (Å²) in [4.78, 5) is 0. The molecule has 0 aliphatic carbocycles. The van der Waals surface area contributed by atoms with Gasteiger partial charge in [-0.3, -0.25) is 0 Å². The van der Waals surface area contributed by atoms with Crippen LogP contribution in [-0.2, 0) is 4.74 Å². The van der Waals surface area contributed by atoms with Crippen molar-refractivity contribution in [1.29, 1.82) is 0 Å². The molecular formula is C15H17ClN2O. The van der Waals surface area contributed by atoms with Gasteiger partial charge >= 0.3 is 0 Å². The first-order chi connectivity index (χ1) is 9.20. The predicted molar refractivity (Wildman–Crippen MR) is 81.7 cm³/mol. The first-order valence-electron chi connectivity index (χ1n) is 6.09. The zero-order chi connectivity index (χ0) is 13.7. The van der Waals surface area contributed by atoms with Gasteiger partial charge in [0.1, 0.15) is 0 Å². The summed E-state index contributed by atoms with van der Waals surface area (Å²) in [5.41, 5.74) is 9.85. The molecule has 0 saturated carbocycles. The largest absolute Gasteiger partial charge is 0.398 e. The van der Waals surface area contributed by atoms with Crippen LogP contribution in [0.15, 0.2) is 42.5 Å². The van der Waals surface area contributed by atoms with E-state index in [-0.39, 0.29) is 0 Å². The van der Waals surface area contributed by atoms with Crippen LogP contribution in [0.2, 0.25) is 5.02 Å². The van der Waals surface area contributed by atoms with Crippen LogP contribution >= 0.6 is 11.6 Å². The maximum Gasteiger partial charge on any atom is 0.0635 e. The molecule has 3 N–H and O–H groups in total. The molecule has 3 nitrogen and oxygen atoms in total. The van der Waals surface area contributed by atoms with Crippen molar-refractivity contribution in [3.8, 4) is 11.1 Å². The normalized spacial score (nSPS) is 10.4. The fourth-order valence-corrected chi connectivity index (χ4v) is 1.97. The average Bonchev–Trinajstić information content (AvgIpc) is 2.42. The summed E-state index contributed by atoms with van der Waals surface area (Å²) in [6.07, 6.45) is 0. The number of nitrogens with one attached hydrogen (secondary N) is 1. The summed E-state index contributed by atoms with van der Waals surface area (Å²) in [5.74, 6) is 0. The van der Waals surface area contributed by atoms with Crippen molar-refractivity contribution in [1.82, 2.24) is 0 Å². The highest BCUT2D eigenvalue weighted by Gasteiger charge is 2.04. The third-order valence-corrected chi connectivity index (χ3v) is 3.10. The summed E-state index contributed by atoms with van der Waals surface area (Å²) in [5, 5.41) is 4.01. The van der Waals surface area contributed by atoms with Crippen molar-refractivity contribution in [2.45, 2.75) is 0 Å². The molecule has 2 aromatic carbocycles. The molecule has 4 heteroatoms. The van der Waals surface area contributed by atoms with Crippen LogP contribution in [0.25, 0.3) is 11.1 Å². The van der Waals surface area contributed by atoms with Gasteiger partial charge in [0.15, 0.2) is 0 Å². The molecule has 0 aliphatic heterocycles. The molecule has 0 unspecified atom stereocenters. The van der Waals surface area contributed by atoms with Crippen molar-refractivity contribution in [2.75, 3.05) is 31.3 Å². The molecule has 0 spiro atoms. The van der Waals surface area contributed by atoms with Crippen LogP contribution in [0.3, 0.4) is 0 Å². The van der Waals surface area contributed by atoms with Gasteiger partial charge in [-0.15, -0.1) is 0 Å². The summed E-state index contributed by atoms with van der Waals surface area (Å²) in [7, 11) is 1.68. The number of halogens is 1. The Kier molecular flexibility index (Phi) is 4.66. The average molecular weight is 277 g/mol. The maximum absolute atomic E-state index is 6.03. The molecule has 0 radical (unpaired) electrons. The molecule has 0 atom stereocenters. The van der Waals surface area contributed by atoms with Gasteiger partial charge in [-0.25, -0.2) is 0 Å². The van der Waals surface area contributed by atoms with E-state index < -0.39 is 0 Å². The van der Waals surface area contributed by atoms with E-state index in [0.717, 1.165) is 34.1 Å². The lowest BCUT2D eigenvalue weighted by molar-refractivity contribution is 0.211. The van der Waals surface area contributed by atoms with E-state index in [2.05, 4.69) is 5.32 Å². The summed E-state index contributed by atoms with van der Waals surface area (Å²) in [6.45, 7) is 1.43. The number of nitrogen functional groups attached to an aromatic ring is 1. The first-order valence-corrected chi connectivity index (χ1v) is 6.47. The van der Waals surface area contributed by atoms with Gasteiger partial charge in [0.25, 0.3) is 0 Å². The fraction of sp³-hybridized carbons (Fsp3) is 0.200. The van der Waals surface area contributed by atoms with Crippen molar-refractivity contribution in [3.05, 3.63) is 47.5 Å². The van der Waals surface area contributed by atoms with Crippen LogP contribution in [0.5, 0.6) is 0 Å². The van der Waals surface area contributed by atoms with Gasteiger partial charge < -0.3 is 15.8 Å². The van der Waals surface area contributed by atoms with Crippen LogP contribution in [-0.4, -0.2) is 20.3 Å². The summed E-state index contributed by atoms with van der Waals surface area (Å²) < 4.78 is 5.01. The Bertz CT molecular complexity index is 540. The van der Waals surface area contributed by atoms with E-state index in [1.54, 1.807) is 7.11 Å². The molecule has 0 amide bonds. The zero-order valence-corrected chi connectivity index (χ0v) is 11.6. The minimum Gasteiger partial charge on any atom is -0.398 e. The Morgan fingerprint density at radius 2 is 1.89 bits per heavy atom. The molecule has 2 aromatic rings. The van der Waals surface area contributed by atoms with Gasteiger partial charge in [-0.2, -0.15) is 0 Å². The topological polar surface area (TPSA) is 47.3 Å². The molecule has 0 aliphatic rings. The number of methoxy groups -OCH3 is 1. The zero-order valence-electron chi connectivity index (χ0n) is 10.8. The van der Waals surface area contributed by atoms with Crippen molar-refractivity contribution in [3.63, 3.8) is 0 Å². The lowest BCUT2D eigenvalue weighted by Crippen LogP contribution is -2.07. The predicted octanol–water partition coefficient (Wildman–Crippen LogP) is 3.65. The lowest BCUT2D eigenvalue weighted by atomic mass is 10.0. The van der Waals surface area contributed by atoms with Crippen LogP contribution in [0.1, 0.15) is 0 Å². The summed E-state index contributed by atoms with van der Waals surface area (Å²) in [6, 6.07) is 13.6. The SMILES string of the molecule is COCCNc1ccc(N)c(-c2ccc(Cl)cc2)c1. The number of rotatable bonds is 5. The molecule has 0 fully saturated rings. The lowest BCUT2D eigenvalue weighted by Gasteiger charge is -2.11. The van der Waals surface area contributed by atoms with Gasteiger partial charge in [-0.1, -0.05) is 23.7 Å². The Morgan fingerprint density at radius 1 is 1.16 bits per heavy atom. The highest BCUT2D eigenvalue weighted by atomic mass is 35.5. The monoisotopic (exact) mass is 276 g/mol. The highest BCUT2D eigenvalue weighted by molar-refractivity contribution is 6.30. The van der Waals surface area contributed by atoms with E-state index in [0.29, 0.717) is 6.61 Å². The van der Waals surface area contributed by atoms with Gasteiger partial charge in [0.2, 0.25) is 0 Å². The number of anilines is 2. The molecular weight excluding hydrogens is 260 g/mol. The van der Waals surface area contributed by atoms with E-state index in [4.69, 9.17) is 22.1 Å². The number of nitrogens with two attached hydrogens (primary N) is 1. The minimum atomic E-state index is 0.667. The summed E-state index contributed by atoms with van der Waals surface area (Å²) >= 11 is 5.90. The van der Waals surface area contributed by atoms with Crippen molar-refractivity contribution < 1.29 is 4.74 Å².